The van der Waals surface area contributed by atoms with Gasteiger partial charge >= 0.3 is 0 Å². The van der Waals surface area contributed by atoms with E-state index in [1.54, 1.807) is 18.2 Å². The molecule has 0 aliphatic carbocycles. The molecule has 3 N–H and O–H groups in total. The summed E-state index contributed by atoms with van der Waals surface area (Å²) in [4.78, 5) is 11.9. The maximum Gasteiger partial charge on any atom is 0.271 e. The normalized spacial score (nSPS) is 10.5. The number of hydrazone groups is 1. The van der Waals surface area contributed by atoms with Crippen LogP contribution in [0.4, 0.5) is 0 Å². The van der Waals surface area contributed by atoms with E-state index >= 15 is 0 Å². The van der Waals surface area contributed by atoms with Gasteiger partial charge in [-0.15, -0.1) is 0 Å². The first-order valence-corrected chi connectivity index (χ1v) is 6.62. The zero-order chi connectivity index (χ0) is 16.8. The fourth-order valence-electron chi connectivity index (χ4n) is 1.89. The van der Waals surface area contributed by atoms with Crippen LogP contribution in [0.5, 0.6) is 23.0 Å². The number of carbonyl (C=O) groups excluding carboxylic acids is 1. The second-order valence-corrected chi connectivity index (χ2v) is 4.55. The molecule has 0 aromatic heterocycles. The van der Waals surface area contributed by atoms with Gasteiger partial charge in [-0.05, 0) is 35.9 Å². The van der Waals surface area contributed by atoms with Crippen molar-refractivity contribution in [1.29, 1.82) is 0 Å². The number of aromatic hydroxyl groups is 2. The van der Waals surface area contributed by atoms with E-state index in [1.165, 1.54) is 32.6 Å². The third kappa shape index (κ3) is 4.13. The number of ether oxygens (including phenoxy) is 2. The Morgan fingerprint density at radius 3 is 2.30 bits per heavy atom. The number of phenolic OH excluding ortho intramolecular Hbond substituents is 2. The van der Waals surface area contributed by atoms with Gasteiger partial charge in [0.1, 0.15) is 11.5 Å². The van der Waals surface area contributed by atoms with E-state index in [9.17, 15) is 15.0 Å². The lowest BCUT2D eigenvalue weighted by Crippen LogP contribution is -2.17. The van der Waals surface area contributed by atoms with Crippen LogP contribution in [0.2, 0.25) is 0 Å². The van der Waals surface area contributed by atoms with Crippen LogP contribution in [0.3, 0.4) is 0 Å². The molecule has 0 fully saturated rings. The molecule has 23 heavy (non-hydrogen) atoms. The fourth-order valence-corrected chi connectivity index (χ4v) is 1.89. The first kappa shape index (κ1) is 16.2. The van der Waals surface area contributed by atoms with Crippen molar-refractivity contribution in [3.63, 3.8) is 0 Å². The van der Waals surface area contributed by atoms with E-state index in [4.69, 9.17) is 9.47 Å². The number of nitrogens with one attached hydrogen (secondary N) is 1. The van der Waals surface area contributed by atoms with E-state index in [-0.39, 0.29) is 17.1 Å². The number of nitrogens with zero attached hydrogens (tertiary/aromatic N) is 1. The Morgan fingerprint density at radius 1 is 1.04 bits per heavy atom. The number of benzene rings is 2. The molecule has 0 aliphatic rings. The highest BCUT2D eigenvalue weighted by Crippen LogP contribution is 2.26. The summed E-state index contributed by atoms with van der Waals surface area (Å²) >= 11 is 0. The van der Waals surface area contributed by atoms with E-state index < -0.39 is 5.91 Å². The number of amides is 1. The molecule has 2 aromatic carbocycles. The van der Waals surface area contributed by atoms with Gasteiger partial charge in [-0.3, -0.25) is 4.79 Å². The Labute approximate surface area is 132 Å². The summed E-state index contributed by atoms with van der Waals surface area (Å²) in [5, 5.41) is 22.5. The van der Waals surface area contributed by atoms with Crippen molar-refractivity contribution in [2.24, 2.45) is 5.10 Å². The Hall–Kier alpha value is -3.22. The molecule has 120 valence electrons. The van der Waals surface area contributed by atoms with Crippen molar-refractivity contribution in [1.82, 2.24) is 5.43 Å². The van der Waals surface area contributed by atoms with Crippen LogP contribution in [-0.2, 0) is 0 Å². The number of rotatable bonds is 5. The van der Waals surface area contributed by atoms with Crippen molar-refractivity contribution in [2.45, 2.75) is 0 Å². The summed E-state index contributed by atoms with van der Waals surface area (Å²) in [5.41, 5.74) is 3.09. The van der Waals surface area contributed by atoms with Crippen molar-refractivity contribution in [2.75, 3.05) is 14.2 Å². The molecule has 0 atom stereocenters. The van der Waals surface area contributed by atoms with Gasteiger partial charge in [0.2, 0.25) is 0 Å². The molecular weight excluding hydrogens is 300 g/mol. The van der Waals surface area contributed by atoms with Gasteiger partial charge < -0.3 is 19.7 Å². The highest BCUT2D eigenvalue weighted by Gasteiger charge is 2.07. The molecule has 0 bridgehead atoms. The smallest absolute Gasteiger partial charge is 0.271 e. The third-order valence-corrected chi connectivity index (χ3v) is 2.95. The highest BCUT2D eigenvalue weighted by atomic mass is 16.5. The van der Waals surface area contributed by atoms with Crippen molar-refractivity contribution in [3.05, 3.63) is 47.5 Å². The molecular formula is C16H16N2O5. The number of hydrogen-bond acceptors (Lipinski definition) is 6. The Kier molecular flexibility index (Phi) is 5.03. The quantitative estimate of drug-likeness (QED) is 0.577. The van der Waals surface area contributed by atoms with Crippen LogP contribution in [-0.4, -0.2) is 36.6 Å². The van der Waals surface area contributed by atoms with Crippen molar-refractivity contribution in [3.8, 4) is 23.0 Å². The van der Waals surface area contributed by atoms with Crippen LogP contribution in [0, 0.1) is 0 Å². The standard InChI is InChI=1S/C16H16N2O5/c1-22-14-4-3-10(5-15(14)23-2)9-17-18-16(21)11-6-12(19)8-13(20)7-11/h3-9,19-20H,1-2H3,(H,18,21). The van der Waals surface area contributed by atoms with Gasteiger partial charge in [-0.1, -0.05) is 0 Å². The molecule has 0 heterocycles. The van der Waals surface area contributed by atoms with Crippen molar-refractivity contribution < 1.29 is 24.5 Å². The van der Waals surface area contributed by atoms with Gasteiger partial charge in [-0.25, -0.2) is 5.43 Å². The molecule has 0 saturated heterocycles. The van der Waals surface area contributed by atoms with Crippen LogP contribution < -0.4 is 14.9 Å². The van der Waals surface area contributed by atoms with Crippen LogP contribution in [0.15, 0.2) is 41.5 Å². The third-order valence-electron chi connectivity index (χ3n) is 2.95. The topological polar surface area (TPSA) is 100 Å². The second kappa shape index (κ2) is 7.17. The van der Waals surface area contributed by atoms with Gasteiger partial charge in [0.05, 0.1) is 20.4 Å². The zero-order valence-corrected chi connectivity index (χ0v) is 12.6. The van der Waals surface area contributed by atoms with Crippen LogP contribution in [0.1, 0.15) is 15.9 Å². The van der Waals surface area contributed by atoms with E-state index in [1.807, 2.05) is 0 Å². The maximum atomic E-state index is 11.9. The maximum absolute atomic E-state index is 11.9. The summed E-state index contributed by atoms with van der Waals surface area (Å²) in [7, 11) is 3.06. The van der Waals surface area contributed by atoms with E-state index in [0.717, 1.165) is 6.07 Å². The number of phenols is 2. The minimum absolute atomic E-state index is 0.0898. The first-order valence-electron chi connectivity index (χ1n) is 6.62. The first-order chi connectivity index (χ1) is 11.0. The summed E-state index contributed by atoms with van der Waals surface area (Å²) in [6.45, 7) is 0. The van der Waals surface area contributed by atoms with Crippen LogP contribution >= 0.6 is 0 Å². The minimum Gasteiger partial charge on any atom is -0.508 e. The predicted molar refractivity (Wildman–Crippen MR) is 84.4 cm³/mol. The number of methoxy groups -OCH3 is 2. The molecule has 7 nitrogen and oxygen atoms in total. The van der Waals surface area contributed by atoms with Gasteiger partial charge in [-0.2, -0.15) is 5.10 Å². The highest BCUT2D eigenvalue weighted by molar-refractivity contribution is 5.95. The lowest BCUT2D eigenvalue weighted by atomic mass is 10.2. The number of carbonyl (C=O) groups is 1. The average molecular weight is 316 g/mol. The lowest BCUT2D eigenvalue weighted by Gasteiger charge is -2.07. The van der Waals surface area contributed by atoms with Gasteiger partial charge in [0, 0.05) is 11.6 Å². The fraction of sp³-hybridized carbons (Fsp3) is 0.125. The molecule has 1 amide bonds. The van der Waals surface area contributed by atoms with Gasteiger partial charge in [0.15, 0.2) is 11.5 Å². The molecule has 2 rings (SSSR count). The summed E-state index contributed by atoms with van der Waals surface area (Å²) in [6, 6.07) is 8.74. The Bertz CT molecular complexity index is 723. The van der Waals surface area contributed by atoms with Crippen molar-refractivity contribution >= 4 is 12.1 Å². The van der Waals surface area contributed by atoms with E-state index in [2.05, 4.69) is 10.5 Å². The lowest BCUT2D eigenvalue weighted by molar-refractivity contribution is 0.0954. The average Bonchev–Trinajstić information content (AvgIpc) is 2.53. The zero-order valence-electron chi connectivity index (χ0n) is 12.6. The predicted octanol–water partition coefficient (Wildman–Crippen LogP) is 1.88. The molecule has 0 saturated carbocycles. The minimum atomic E-state index is -0.562. The number of hydrogen-bond donors (Lipinski definition) is 3. The Morgan fingerprint density at radius 2 is 1.70 bits per heavy atom. The van der Waals surface area contributed by atoms with Crippen LogP contribution in [0.25, 0.3) is 0 Å². The molecule has 0 unspecified atom stereocenters. The summed E-state index contributed by atoms with van der Waals surface area (Å²) in [6.07, 6.45) is 1.43. The molecule has 7 heteroatoms. The largest absolute Gasteiger partial charge is 0.508 e. The second-order valence-electron chi connectivity index (χ2n) is 4.55. The SMILES string of the molecule is COc1ccc(C=NNC(=O)c2cc(O)cc(O)c2)cc1OC. The molecule has 0 spiro atoms. The van der Waals surface area contributed by atoms with Gasteiger partial charge in [0.25, 0.3) is 5.91 Å². The monoisotopic (exact) mass is 316 g/mol. The Balaban J connectivity index is 2.07. The van der Waals surface area contributed by atoms with E-state index in [0.29, 0.717) is 17.1 Å². The molecule has 0 radical (unpaired) electrons. The summed E-state index contributed by atoms with van der Waals surface area (Å²) < 4.78 is 10.3. The molecule has 2 aromatic rings. The molecule has 0 aliphatic heterocycles. The summed E-state index contributed by atoms with van der Waals surface area (Å²) in [5.74, 6) is 0.149.